The molecule has 1 fully saturated rings. The van der Waals surface area contributed by atoms with E-state index in [1.54, 1.807) is 0 Å². The molecule has 0 saturated carbocycles. The first kappa shape index (κ1) is 7.77. The fourth-order valence-electron chi connectivity index (χ4n) is 1.70. The van der Waals surface area contributed by atoms with Gasteiger partial charge in [-0.15, -0.1) is 0 Å². The normalized spacial score (nSPS) is 29.1. The lowest BCUT2D eigenvalue weighted by Gasteiger charge is -2.09. The molecule has 2 heteroatoms. The molecule has 3 N–H and O–H groups in total. The molecule has 1 heterocycles. The van der Waals surface area contributed by atoms with Gasteiger partial charge in [-0.25, -0.2) is 0 Å². The SMILES string of the molecule is NC1CNC(c2ccccc2)C1. The third-order valence-corrected chi connectivity index (χ3v) is 2.37. The van der Waals surface area contributed by atoms with E-state index in [1.165, 1.54) is 5.56 Å². The van der Waals surface area contributed by atoms with Crippen LogP contribution in [-0.4, -0.2) is 12.6 Å². The zero-order valence-electron chi connectivity index (χ0n) is 7.03. The first-order valence-corrected chi connectivity index (χ1v) is 4.40. The second-order valence-corrected chi connectivity index (χ2v) is 3.37. The Morgan fingerprint density at radius 1 is 1.25 bits per heavy atom. The van der Waals surface area contributed by atoms with E-state index in [2.05, 4.69) is 29.6 Å². The summed E-state index contributed by atoms with van der Waals surface area (Å²) in [7, 11) is 0. The molecule has 1 aliphatic rings. The van der Waals surface area contributed by atoms with E-state index in [-0.39, 0.29) is 0 Å². The maximum atomic E-state index is 5.80. The minimum Gasteiger partial charge on any atom is -0.326 e. The molecular weight excluding hydrogens is 148 g/mol. The number of nitrogens with two attached hydrogens (primary N) is 1. The van der Waals surface area contributed by atoms with Gasteiger partial charge < -0.3 is 11.1 Å². The summed E-state index contributed by atoms with van der Waals surface area (Å²) in [4.78, 5) is 0. The Morgan fingerprint density at radius 3 is 2.58 bits per heavy atom. The number of benzene rings is 1. The summed E-state index contributed by atoms with van der Waals surface area (Å²) in [5.41, 5.74) is 7.15. The maximum Gasteiger partial charge on any atom is 0.0336 e. The molecular formula is C10H14N2. The number of rotatable bonds is 1. The maximum absolute atomic E-state index is 5.80. The van der Waals surface area contributed by atoms with Crippen molar-refractivity contribution in [3.05, 3.63) is 35.9 Å². The Labute approximate surface area is 72.8 Å². The predicted octanol–water partition coefficient (Wildman–Crippen LogP) is 1.05. The molecule has 12 heavy (non-hydrogen) atoms. The standard InChI is InChI=1S/C10H14N2/c11-9-6-10(12-7-9)8-4-2-1-3-5-8/h1-5,9-10,12H,6-7,11H2. The molecule has 2 nitrogen and oxygen atoms in total. The molecule has 2 unspecified atom stereocenters. The van der Waals surface area contributed by atoms with Crippen LogP contribution in [0.1, 0.15) is 18.0 Å². The Kier molecular flexibility index (Phi) is 2.11. The lowest BCUT2D eigenvalue weighted by Crippen LogP contribution is -2.22. The number of hydrogen-bond donors (Lipinski definition) is 2. The first-order chi connectivity index (χ1) is 5.86. The summed E-state index contributed by atoms with van der Waals surface area (Å²) in [5.74, 6) is 0. The third kappa shape index (κ3) is 1.49. The molecule has 1 saturated heterocycles. The van der Waals surface area contributed by atoms with E-state index >= 15 is 0 Å². The summed E-state index contributed by atoms with van der Waals surface area (Å²) in [6.07, 6.45) is 1.06. The van der Waals surface area contributed by atoms with E-state index in [4.69, 9.17) is 5.73 Å². The Morgan fingerprint density at radius 2 is 2.00 bits per heavy atom. The number of hydrogen-bond acceptors (Lipinski definition) is 2. The van der Waals surface area contributed by atoms with E-state index in [1.807, 2.05) is 6.07 Å². The van der Waals surface area contributed by atoms with Gasteiger partial charge in [0.05, 0.1) is 0 Å². The minimum atomic E-state index is 0.329. The fourth-order valence-corrected chi connectivity index (χ4v) is 1.70. The Balaban J connectivity index is 2.11. The van der Waals surface area contributed by atoms with Crippen molar-refractivity contribution >= 4 is 0 Å². The van der Waals surface area contributed by atoms with Crippen LogP contribution in [-0.2, 0) is 0 Å². The first-order valence-electron chi connectivity index (χ1n) is 4.40. The molecule has 0 aromatic heterocycles. The van der Waals surface area contributed by atoms with Gasteiger partial charge in [-0.2, -0.15) is 0 Å². The number of nitrogens with one attached hydrogen (secondary N) is 1. The van der Waals surface area contributed by atoms with Crippen LogP contribution in [0.25, 0.3) is 0 Å². The van der Waals surface area contributed by atoms with Gasteiger partial charge in [0.2, 0.25) is 0 Å². The van der Waals surface area contributed by atoms with Crippen molar-refractivity contribution in [3.8, 4) is 0 Å². The lowest BCUT2D eigenvalue weighted by molar-refractivity contribution is 0.640. The van der Waals surface area contributed by atoms with Crippen molar-refractivity contribution < 1.29 is 0 Å². The van der Waals surface area contributed by atoms with E-state index in [0.29, 0.717) is 12.1 Å². The van der Waals surface area contributed by atoms with Gasteiger partial charge >= 0.3 is 0 Å². The van der Waals surface area contributed by atoms with Crippen molar-refractivity contribution in [2.75, 3.05) is 6.54 Å². The molecule has 2 rings (SSSR count). The van der Waals surface area contributed by atoms with Crippen molar-refractivity contribution in [1.82, 2.24) is 5.32 Å². The van der Waals surface area contributed by atoms with Gasteiger partial charge in [0.1, 0.15) is 0 Å². The minimum absolute atomic E-state index is 0.329. The van der Waals surface area contributed by atoms with Gasteiger partial charge in [0.25, 0.3) is 0 Å². The zero-order valence-corrected chi connectivity index (χ0v) is 7.03. The third-order valence-electron chi connectivity index (χ3n) is 2.37. The second kappa shape index (κ2) is 3.25. The average molecular weight is 162 g/mol. The largest absolute Gasteiger partial charge is 0.326 e. The highest BCUT2D eigenvalue weighted by atomic mass is 15.0. The summed E-state index contributed by atoms with van der Waals surface area (Å²) in [6, 6.07) is 11.3. The molecule has 64 valence electrons. The monoisotopic (exact) mass is 162 g/mol. The highest BCUT2D eigenvalue weighted by molar-refractivity contribution is 5.20. The average Bonchev–Trinajstić information content (AvgIpc) is 2.54. The molecule has 0 radical (unpaired) electrons. The second-order valence-electron chi connectivity index (χ2n) is 3.37. The smallest absolute Gasteiger partial charge is 0.0336 e. The molecule has 0 aliphatic carbocycles. The Hall–Kier alpha value is -0.860. The van der Waals surface area contributed by atoms with Crippen molar-refractivity contribution in [3.63, 3.8) is 0 Å². The van der Waals surface area contributed by atoms with Crippen molar-refractivity contribution in [2.24, 2.45) is 5.73 Å². The van der Waals surface area contributed by atoms with Crippen LogP contribution in [0.3, 0.4) is 0 Å². The zero-order chi connectivity index (χ0) is 8.39. The van der Waals surface area contributed by atoms with Crippen LogP contribution in [0.15, 0.2) is 30.3 Å². The quantitative estimate of drug-likeness (QED) is 0.647. The Bertz CT molecular complexity index is 245. The van der Waals surface area contributed by atoms with Crippen LogP contribution < -0.4 is 11.1 Å². The van der Waals surface area contributed by atoms with Crippen LogP contribution in [0.4, 0.5) is 0 Å². The van der Waals surface area contributed by atoms with Crippen molar-refractivity contribution in [2.45, 2.75) is 18.5 Å². The summed E-state index contributed by atoms with van der Waals surface area (Å²) < 4.78 is 0. The van der Waals surface area contributed by atoms with Crippen LogP contribution in [0, 0.1) is 0 Å². The summed E-state index contributed by atoms with van der Waals surface area (Å²) >= 11 is 0. The van der Waals surface area contributed by atoms with Gasteiger partial charge in [0, 0.05) is 18.6 Å². The van der Waals surface area contributed by atoms with Crippen LogP contribution in [0.2, 0.25) is 0 Å². The van der Waals surface area contributed by atoms with Gasteiger partial charge in [-0.1, -0.05) is 30.3 Å². The highest BCUT2D eigenvalue weighted by Crippen LogP contribution is 2.21. The topological polar surface area (TPSA) is 38.0 Å². The lowest BCUT2D eigenvalue weighted by atomic mass is 10.0. The fraction of sp³-hybridized carbons (Fsp3) is 0.400. The van der Waals surface area contributed by atoms with Crippen LogP contribution >= 0.6 is 0 Å². The molecule has 2 atom stereocenters. The molecule has 1 aromatic carbocycles. The van der Waals surface area contributed by atoms with E-state index in [9.17, 15) is 0 Å². The highest BCUT2D eigenvalue weighted by Gasteiger charge is 2.21. The van der Waals surface area contributed by atoms with Gasteiger partial charge in [-0.05, 0) is 12.0 Å². The van der Waals surface area contributed by atoms with E-state index in [0.717, 1.165) is 13.0 Å². The predicted molar refractivity (Wildman–Crippen MR) is 49.8 cm³/mol. The van der Waals surface area contributed by atoms with Gasteiger partial charge in [0.15, 0.2) is 0 Å². The molecule has 0 spiro atoms. The molecule has 1 aliphatic heterocycles. The molecule has 1 aromatic rings. The van der Waals surface area contributed by atoms with Crippen LogP contribution in [0.5, 0.6) is 0 Å². The van der Waals surface area contributed by atoms with Gasteiger partial charge in [-0.3, -0.25) is 0 Å². The van der Waals surface area contributed by atoms with E-state index < -0.39 is 0 Å². The summed E-state index contributed by atoms with van der Waals surface area (Å²) in [5, 5.41) is 3.40. The molecule has 0 bridgehead atoms. The molecule has 0 amide bonds. The summed E-state index contributed by atoms with van der Waals surface area (Å²) in [6.45, 7) is 0.944. The van der Waals surface area contributed by atoms with Crippen molar-refractivity contribution in [1.29, 1.82) is 0 Å².